The summed E-state index contributed by atoms with van der Waals surface area (Å²) in [6.07, 6.45) is 0.489. The second-order valence-corrected chi connectivity index (χ2v) is 4.69. The van der Waals surface area contributed by atoms with Crippen LogP contribution in [-0.4, -0.2) is 41.5 Å². The molecule has 1 aromatic carbocycles. The standard InChI is InChI=1S/C15H23NO4/c1-3-15(10-17,11-18)16-13(14(19)20-4-2)12-8-6-5-7-9-12/h5-9,13,16-18H,3-4,10-11H2,1-2H3. The lowest BCUT2D eigenvalue weighted by molar-refractivity contribution is -0.147. The van der Waals surface area contributed by atoms with Crippen molar-refractivity contribution in [1.82, 2.24) is 5.32 Å². The second kappa shape index (κ2) is 7.99. The Balaban J connectivity index is 3.02. The summed E-state index contributed by atoms with van der Waals surface area (Å²) in [5.74, 6) is -0.418. The molecule has 1 aromatic rings. The van der Waals surface area contributed by atoms with E-state index < -0.39 is 17.6 Å². The van der Waals surface area contributed by atoms with Crippen LogP contribution in [0, 0.1) is 0 Å². The Morgan fingerprint density at radius 1 is 1.25 bits per heavy atom. The molecule has 3 N–H and O–H groups in total. The lowest BCUT2D eigenvalue weighted by atomic mass is 9.95. The molecule has 0 aliphatic heterocycles. The predicted octanol–water partition coefficient (Wildman–Crippen LogP) is 1.01. The van der Waals surface area contributed by atoms with Crippen molar-refractivity contribution < 1.29 is 19.7 Å². The van der Waals surface area contributed by atoms with Crippen molar-refractivity contribution in [3.8, 4) is 0 Å². The van der Waals surface area contributed by atoms with Gasteiger partial charge in [0.1, 0.15) is 6.04 Å². The van der Waals surface area contributed by atoms with Gasteiger partial charge in [0.2, 0.25) is 0 Å². The minimum atomic E-state index is -0.909. The molecule has 1 unspecified atom stereocenters. The molecular weight excluding hydrogens is 258 g/mol. The fourth-order valence-electron chi connectivity index (χ4n) is 1.92. The van der Waals surface area contributed by atoms with Crippen LogP contribution in [0.3, 0.4) is 0 Å². The van der Waals surface area contributed by atoms with Crippen molar-refractivity contribution in [2.75, 3.05) is 19.8 Å². The van der Waals surface area contributed by atoms with Gasteiger partial charge in [0, 0.05) is 0 Å². The van der Waals surface area contributed by atoms with E-state index >= 15 is 0 Å². The van der Waals surface area contributed by atoms with Crippen molar-refractivity contribution in [1.29, 1.82) is 0 Å². The van der Waals surface area contributed by atoms with Crippen LogP contribution in [0.4, 0.5) is 0 Å². The van der Waals surface area contributed by atoms with E-state index in [-0.39, 0.29) is 19.8 Å². The van der Waals surface area contributed by atoms with Crippen molar-refractivity contribution in [3.63, 3.8) is 0 Å². The average Bonchev–Trinajstić information content (AvgIpc) is 2.50. The third kappa shape index (κ3) is 4.03. The molecule has 0 bridgehead atoms. The zero-order valence-electron chi connectivity index (χ0n) is 12.0. The van der Waals surface area contributed by atoms with Gasteiger partial charge in [-0.05, 0) is 18.9 Å². The van der Waals surface area contributed by atoms with Gasteiger partial charge in [0.15, 0.2) is 0 Å². The van der Waals surface area contributed by atoms with E-state index in [4.69, 9.17) is 4.74 Å². The molecule has 0 aliphatic rings. The quantitative estimate of drug-likeness (QED) is 0.620. The minimum absolute atomic E-state index is 0.261. The Kier molecular flexibility index (Phi) is 6.64. The van der Waals surface area contributed by atoms with Crippen LogP contribution < -0.4 is 5.32 Å². The number of carbonyl (C=O) groups is 1. The fraction of sp³-hybridized carbons (Fsp3) is 0.533. The van der Waals surface area contributed by atoms with Gasteiger partial charge in [0.05, 0.1) is 25.4 Å². The van der Waals surface area contributed by atoms with E-state index in [2.05, 4.69) is 5.32 Å². The van der Waals surface area contributed by atoms with Crippen molar-refractivity contribution >= 4 is 5.97 Å². The highest BCUT2D eigenvalue weighted by molar-refractivity contribution is 5.77. The molecule has 5 heteroatoms. The highest BCUT2D eigenvalue weighted by atomic mass is 16.5. The van der Waals surface area contributed by atoms with Gasteiger partial charge in [0.25, 0.3) is 0 Å². The van der Waals surface area contributed by atoms with Crippen LogP contribution in [0.1, 0.15) is 31.9 Å². The summed E-state index contributed by atoms with van der Waals surface area (Å²) in [6.45, 7) is 3.34. The smallest absolute Gasteiger partial charge is 0.327 e. The maximum atomic E-state index is 12.1. The van der Waals surface area contributed by atoms with Gasteiger partial charge < -0.3 is 14.9 Å². The number of nitrogens with one attached hydrogen (secondary N) is 1. The van der Waals surface area contributed by atoms with Crippen LogP contribution in [-0.2, 0) is 9.53 Å². The number of rotatable bonds is 8. The Labute approximate surface area is 119 Å². The zero-order valence-corrected chi connectivity index (χ0v) is 12.0. The molecule has 112 valence electrons. The van der Waals surface area contributed by atoms with Crippen molar-refractivity contribution in [3.05, 3.63) is 35.9 Å². The molecule has 0 heterocycles. The maximum absolute atomic E-state index is 12.1. The van der Waals surface area contributed by atoms with Gasteiger partial charge in [-0.1, -0.05) is 37.3 Å². The second-order valence-electron chi connectivity index (χ2n) is 4.69. The van der Waals surface area contributed by atoms with Crippen molar-refractivity contribution in [2.45, 2.75) is 31.8 Å². The number of ether oxygens (including phenoxy) is 1. The highest BCUT2D eigenvalue weighted by Gasteiger charge is 2.33. The predicted molar refractivity (Wildman–Crippen MR) is 76.1 cm³/mol. The summed E-state index contributed by atoms with van der Waals surface area (Å²) >= 11 is 0. The number of benzene rings is 1. The first-order valence-corrected chi connectivity index (χ1v) is 6.83. The number of hydrogen-bond acceptors (Lipinski definition) is 5. The van der Waals surface area contributed by atoms with E-state index in [0.29, 0.717) is 6.42 Å². The Morgan fingerprint density at radius 2 is 1.85 bits per heavy atom. The molecule has 1 rings (SSSR count). The number of carbonyl (C=O) groups excluding carboxylic acids is 1. The zero-order chi connectivity index (χ0) is 15.0. The van der Waals surface area contributed by atoms with E-state index in [1.807, 2.05) is 37.3 Å². The monoisotopic (exact) mass is 281 g/mol. The Hall–Kier alpha value is -1.43. The molecule has 0 saturated heterocycles. The summed E-state index contributed by atoms with van der Waals surface area (Å²) < 4.78 is 5.07. The topological polar surface area (TPSA) is 78.8 Å². The Bertz CT molecular complexity index is 395. The van der Waals surface area contributed by atoms with Gasteiger partial charge in [-0.25, -0.2) is 4.79 Å². The summed E-state index contributed by atoms with van der Waals surface area (Å²) in [6, 6.07) is 8.42. The van der Waals surface area contributed by atoms with Crippen LogP contribution >= 0.6 is 0 Å². The van der Waals surface area contributed by atoms with Gasteiger partial charge >= 0.3 is 5.97 Å². The molecule has 0 amide bonds. The summed E-state index contributed by atoms with van der Waals surface area (Å²) in [7, 11) is 0. The van der Waals surface area contributed by atoms with Crippen LogP contribution in [0.2, 0.25) is 0 Å². The van der Waals surface area contributed by atoms with E-state index in [0.717, 1.165) is 5.56 Å². The molecule has 1 atom stereocenters. The summed E-state index contributed by atoms with van der Waals surface area (Å²) in [4.78, 5) is 12.1. The molecule has 0 saturated carbocycles. The number of aliphatic hydroxyl groups excluding tert-OH is 2. The normalized spacial score (nSPS) is 13.0. The molecule has 0 aromatic heterocycles. The van der Waals surface area contributed by atoms with Crippen molar-refractivity contribution in [2.24, 2.45) is 0 Å². The molecular formula is C15H23NO4. The first-order valence-electron chi connectivity index (χ1n) is 6.83. The van der Waals surface area contributed by atoms with E-state index in [1.54, 1.807) is 6.92 Å². The summed E-state index contributed by atoms with van der Waals surface area (Å²) in [5, 5.41) is 22.1. The van der Waals surface area contributed by atoms with Gasteiger partial charge in [-0.3, -0.25) is 5.32 Å². The first-order chi connectivity index (χ1) is 9.62. The average molecular weight is 281 g/mol. The highest BCUT2D eigenvalue weighted by Crippen LogP contribution is 2.20. The van der Waals surface area contributed by atoms with Crippen LogP contribution in [0.25, 0.3) is 0 Å². The van der Waals surface area contributed by atoms with E-state index in [1.165, 1.54) is 0 Å². The number of aliphatic hydroxyl groups is 2. The molecule has 0 spiro atoms. The lowest BCUT2D eigenvalue weighted by Gasteiger charge is -2.33. The molecule has 0 aliphatic carbocycles. The van der Waals surface area contributed by atoms with Crippen LogP contribution in [0.5, 0.6) is 0 Å². The number of esters is 1. The SMILES string of the molecule is CCOC(=O)C(NC(CC)(CO)CO)c1ccccc1. The summed E-state index contributed by atoms with van der Waals surface area (Å²) in [5.41, 5.74) is -0.168. The molecule has 20 heavy (non-hydrogen) atoms. The van der Waals surface area contributed by atoms with E-state index in [9.17, 15) is 15.0 Å². The minimum Gasteiger partial charge on any atom is -0.465 e. The molecule has 5 nitrogen and oxygen atoms in total. The number of hydrogen-bond donors (Lipinski definition) is 3. The largest absolute Gasteiger partial charge is 0.465 e. The third-order valence-corrected chi connectivity index (χ3v) is 3.39. The first kappa shape index (κ1) is 16.6. The Morgan fingerprint density at radius 3 is 2.30 bits per heavy atom. The van der Waals surface area contributed by atoms with Gasteiger partial charge in [-0.2, -0.15) is 0 Å². The maximum Gasteiger partial charge on any atom is 0.327 e. The lowest BCUT2D eigenvalue weighted by Crippen LogP contribution is -2.54. The van der Waals surface area contributed by atoms with Gasteiger partial charge in [-0.15, -0.1) is 0 Å². The fourth-order valence-corrected chi connectivity index (χ4v) is 1.92. The van der Waals surface area contributed by atoms with Crippen LogP contribution in [0.15, 0.2) is 30.3 Å². The molecule has 0 fully saturated rings. The molecule has 0 radical (unpaired) electrons. The third-order valence-electron chi connectivity index (χ3n) is 3.39.